The second kappa shape index (κ2) is 3.38. The van der Waals surface area contributed by atoms with Crippen LogP contribution in [0.2, 0.25) is 0 Å². The van der Waals surface area contributed by atoms with Crippen LogP contribution in [0.3, 0.4) is 0 Å². The highest BCUT2D eigenvalue weighted by atomic mass is 32.1. The minimum absolute atomic E-state index is 0.148. The van der Waals surface area contributed by atoms with Crippen LogP contribution in [-0.2, 0) is 11.2 Å². The molecular formula is C12H16S. The molecule has 1 atom stereocenters. The van der Waals surface area contributed by atoms with Gasteiger partial charge in [0.25, 0.3) is 0 Å². The number of hydrogen-bond donors (Lipinski definition) is 1. The van der Waals surface area contributed by atoms with Crippen molar-refractivity contribution in [1.82, 2.24) is 0 Å². The molecule has 0 amide bonds. The quantitative estimate of drug-likeness (QED) is 0.646. The lowest BCUT2D eigenvalue weighted by atomic mass is 9.80. The van der Waals surface area contributed by atoms with Crippen molar-refractivity contribution < 1.29 is 0 Å². The Morgan fingerprint density at radius 2 is 2.15 bits per heavy atom. The van der Waals surface area contributed by atoms with Gasteiger partial charge in [0, 0.05) is 4.75 Å². The van der Waals surface area contributed by atoms with Crippen LogP contribution >= 0.6 is 12.6 Å². The van der Waals surface area contributed by atoms with Crippen molar-refractivity contribution >= 4 is 12.6 Å². The van der Waals surface area contributed by atoms with E-state index in [1.165, 1.54) is 30.4 Å². The van der Waals surface area contributed by atoms with E-state index < -0.39 is 0 Å². The van der Waals surface area contributed by atoms with E-state index in [0.29, 0.717) is 0 Å². The number of benzene rings is 1. The van der Waals surface area contributed by atoms with Crippen LogP contribution in [0, 0.1) is 0 Å². The zero-order chi connectivity index (χ0) is 9.31. The van der Waals surface area contributed by atoms with Gasteiger partial charge >= 0.3 is 0 Å². The molecule has 0 aromatic heterocycles. The Morgan fingerprint density at radius 1 is 1.38 bits per heavy atom. The average Bonchev–Trinajstić information content (AvgIpc) is 2.19. The number of aryl methyl sites for hydroxylation is 1. The van der Waals surface area contributed by atoms with E-state index in [-0.39, 0.29) is 4.75 Å². The third kappa shape index (κ3) is 1.50. The Labute approximate surface area is 85.8 Å². The second-order valence-electron chi connectivity index (χ2n) is 3.90. The zero-order valence-corrected chi connectivity index (χ0v) is 8.98. The van der Waals surface area contributed by atoms with Crippen LogP contribution in [0.25, 0.3) is 0 Å². The van der Waals surface area contributed by atoms with Gasteiger partial charge in [-0.3, -0.25) is 0 Å². The Morgan fingerprint density at radius 3 is 2.92 bits per heavy atom. The van der Waals surface area contributed by atoms with Crippen molar-refractivity contribution in [3.63, 3.8) is 0 Å². The van der Waals surface area contributed by atoms with Gasteiger partial charge in [-0.1, -0.05) is 31.2 Å². The normalized spacial score (nSPS) is 26.9. The fourth-order valence-electron chi connectivity index (χ4n) is 2.27. The predicted molar refractivity (Wildman–Crippen MR) is 60.3 cm³/mol. The average molecular weight is 192 g/mol. The first-order valence-corrected chi connectivity index (χ1v) is 5.52. The van der Waals surface area contributed by atoms with E-state index in [0.717, 1.165) is 6.42 Å². The van der Waals surface area contributed by atoms with Crippen molar-refractivity contribution in [3.8, 4) is 0 Å². The van der Waals surface area contributed by atoms with E-state index in [4.69, 9.17) is 12.6 Å². The largest absolute Gasteiger partial charge is 0.168 e. The van der Waals surface area contributed by atoms with Crippen molar-refractivity contribution in [1.29, 1.82) is 0 Å². The van der Waals surface area contributed by atoms with Crippen molar-refractivity contribution in [3.05, 3.63) is 35.4 Å². The minimum atomic E-state index is 0.148. The van der Waals surface area contributed by atoms with Crippen LogP contribution in [0.5, 0.6) is 0 Å². The summed E-state index contributed by atoms with van der Waals surface area (Å²) in [6, 6.07) is 8.75. The molecule has 0 heterocycles. The van der Waals surface area contributed by atoms with Crippen molar-refractivity contribution in [2.45, 2.75) is 37.4 Å². The maximum absolute atomic E-state index is 4.83. The molecule has 0 saturated carbocycles. The fourth-order valence-corrected chi connectivity index (χ4v) is 2.64. The molecule has 1 aromatic rings. The van der Waals surface area contributed by atoms with E-state index in [2.05, 4.69) is 31.2 Å². The van der Waals surface area contributed by atoms with Crippen LogP contribution < -0.4 is 0 Å². The molecule has 2 rings (SSSR count). The fraction of sp³-hybridized carbons (Fsp3) is 0.500. The molecule has 0 spiro atoms. The Balaban J connectivity index is 2.48. The first-order valence-electron chi connectivity index (χ1n) is 5.07. The summed E-state index contributed by atoms with van der Waals surface area (Å²) in [7, 11) is 0. The highest BCUT2D eigenvalue weighted by Gasteiger charge is 2.30. The summed E-state index contributed by atoms with van der Waals surface area (Å²) in [5, 5.41) is 0. The molecule has 1 aromatic carbocycles. The number of rotatable bonds is 1. The molecule has 0 radical (unpaired) electrons. The SMILES string of the molecule is CCC1(S)CCCc2ccccc21. The summed E-state index contributed by atoms with van der Waals surface area (Å²) in [6.45, 7) is 2.23. The van der Waals surface area contributed by atoms with Gasteiger partial charge in [0.05, 0.1) is 0 Å². The Bertz CT molecular complexity index is 306. The van der Waals surface area contributed by atoms with Gasteiger partial charge < -0.3 is 0 Å². The topological polar surface area (TPSA) is 0 Å². The van der Waals surface area contributed by atoms with Gasteiger partial charge in [-0.15, -0.1) is 0 Å². The molecule has 0 N–H and O–H groups in total. The molecule has 0 saturated heterocycles. The first-order chi connectivity index (χ1) is 6.26. The lowest BCUT2D eigenvalue weighted by Gasteiger charge is -2.34. The molecule has 0 nitrogen and oxygen atoms in total. The molecular weight excluding hydrogens is 176 g/mol. The van der Waals surface area contributed by atoms with Gasteiger partial charge in [0.15, 0.2) is 0 Å². The van der Waals surface area contributed by atoms with Crippen LogP contribution in [-0.4, -0.2) is 0 Å². The summed E-state index contributed by atoms with van der Waals surface area (Å²) in [5.41, 5.74) is 2.97. The zero-order valence-electron chi connectivity index (χ0n) is 8.09. The highest BCUT2D eigenvalue weighted by molar-refractivity contribution is 7.81. The van der Waals surface area contributed by atoms with E-state index in [9.17, 15) is 0 Å². The van der Waals surface area contributed by atoms with Crippen molar-refractivity contribution in [2.24, 2.45) is 0 Å². The van der Waals surface area contributed by atoms with Crippen LogP contribution in [0.4, 0.5) is 0 Å². The Kier molecular flexibility index (Phi) is 2.37. The summed E-state index contributed by atoms with van der Waals surface area (Å²) >= 11 is 4.83. The summed E-state index contributed by atoms with van der Waals surface area (Å²) in [5.74, 6) is 0. The highest BCUT2D eigenvalue weighted by Crippen LogP contribution is 2.42. The molecule has 0 bridgehead atoms. The molecule has 1 aliphatic carbocycles. The van der Waals surface area contributed by atoms with Gasteiger partial charge in [0.1, 0.15) is 0 Å². The van der Waals surface area contributed by atoms with Crippen molar-refractivity contribution in [2.75, 3.05) is 0 Å². The lowest BCUT2D eigenvalue weighted by Crippen LogP contribution is -2.23. The Hall–Kier alpha value is -0.430. The third-order valence-electron chi connectivity index (χ3n) is 3.14. The summed E-state index contributed by atoms with van der Waals surface area (Å²) < 4.78 is 0.148. The van der Waals surface area contributed by atoms with Gasteiger partial charge in [-0.05, 0) is 36.8 Å². The second-order valence-corrected chi connectivity index (χ2v) is 4.75. The van der Waals surface area contributed by atoms with Crippen LogP contribution in [0.15, 0.2) is 24.3 Å². The summed E-state index contributed by atoms with van der Waals surface area (Å²) in [4.78, 5) is 0. The maximum atomic E-state index is 4.83. The minimum Gasteiger partial charge on any atom is -0.168 e. The third-order valence-corrected chi connectivity index (χ3v) is 3.92. The smallest absolute Gasteiger partial charge is 0.0378 e. The first kappa shape index (κ1) is 9.14. The monoisotopic (exact) mass is 192 g/mol. The number of hydrogen-bond acceptors (Lipinski definition) is 1. The predicted octanol–water partition coefficient (Wildman–Crippen LogP) is 3.56. The summed E-state index contributed by atoms with van der Waals surface area (Å²) in [6.07, 6.45) is 4.88. The van der Waals surface area contributed by atoms with E-state index >= 15 is 0 Å². The van der Waals surface area contributed by atoms with E-state index in [1.807, 2.05) is 0 Å². The molecule has 1 heteroatoms. The van der Waals surface area contributed by atoms with E-state index in [1.54, 1.807) is 0 Å². The van der Waals surface area contributed by atoms with Gasteiger partial charge in [-0.25, -0.2) is 0 Å². The number of fused-ring (bicyclic) bond motifs is 1. The molecule has 0 fully saturated rings. The maximum Gasteiger partial charge on any atom is 0.0378 e. The molecule has 1 aliphatic rings. The molecule has 13 heavy (non-hydrogen) atoms. The standard InChI is InChI=1S/C12H16S/c1-2-12(13)9-5-7-10-6-3-4-8-11(10)12/h3-4,6,8,13H,2,5,7,9H2,1H3. The van der Waals surface area contributed by atoms with Gasteiger partial charge in [0.2, 0.25) is 0 Å². The van der Waals surface area contributed by atoms with Crippen LogP contribution in [0.1, 0.15) is 37.3 Å². The van der Waals surface area contributed by atoms with Gasteiger partial charge in [-0.2, -0.15) is 12.6 Å². The molecule has 1 unspecified atom stereocenters. The molecule has 70 valence electrons. The molecule has 0 aliphatic heterocycles. The number of thiol groups is 1. The lowest BCUT2D eigenvalue weighted by molar-refractivity contribution is 0.497.